The lowest BCUT2D eigenvalue weighted by molar-refractivity contribution is -0.114. The van der Waals surface area contributed by atoms with Gasteiger partial charge in [-0.3, -0.25) is 9.59 Å². The lowest BCUT2D eigenvalue weighted by Gasteiger charge is -2.07. The number of nitrogens with zero attached hydrogens (tertiary/aromatic N) is 1. The molecule has 0 atom stereocenters. The van der Waals surface area contributed by atoms with Crippen molar-refractivity contribution >= 4 is 17.5 Å². The highest BCUT2D eigenvalue weighted by molar-refractivity contribution is 5.94. The molecule has 3 rings (SSSR count). The number of aromatic nitrogens is 1. The topological polar surface area (TPSA) is 84.2 Å². The van der Waals surface area contributed by atoms with E-state index in [0.717, 1.165) is 16.8 Å². The molecule has 1 heterocycles. The van der Waals surface area contributed by atoms with E-state index in [2.05, 4.69) is 15.6 Å². The lowest BCUT2D eigenvalue weighted by atomic mass is 10.1. The van der Waals surface area contributed by atoms with Crippen molar-refractivity contribution in [2.24, 2.45) is 0 Å². The highest BCUT2D eigenvalue weighted by Crippen LogP contribution is 2.18. The Balaban J connectivity index is 1.50. The monoisotopic (exact) mass is 349 g/mol. The van der Waals surface area contributed by atoms with Gasteiger partial charge in [-0.1, -0.05) is 24.3 Å². The summed E-state index contributed by atoms with van der Waals surface area (Å²) >= 11 is 0. The van der Waals surface area contributed by atoms with E-state index in [0.29, 0.717) is 24.3 Å². The van der Waals surface area contributed by atoms with Gasteiger partial charge < -0.3 is 15.1 Å². The van der Waals surface area contributed by atoms with Crippen LogP contribution in [0.3, 0.4) is 0 Å². The fourth-order valence-corrected chi connectivity index (χ4v) is 2.52. The van der Waals surface area contributed by atoms with Gasteiger partial charge in [-0.05, 0) is 36.2 Å². The van der Waals surface area contributed by atoms with Crippen LogP contribution in [0.2, 0.25) is 0 Å². The summed E-state index contributed by atoms with van der Waals surface area (Å²) in [6, 6.07) is 14.7. The molecule has 0 aliphatic heterocycles. The second kappa shape index (κ2) is 8.11. The van der Waals surface area contributed by atoms with E-state index in [-0.39, 0.29) is 11.8 Å². The van der Waals surface area contributed by atoms with E-state index in [4.69, 9.17) is 4.42 Å². The van der Waals surface area contributed by atoms with E-state index in [1.54, 1.807) is 18.3 Å². The molecular weight excluding hydrogens is 330 g/mol. The van der Waals surface area contributed by atoms with E-state index in [1.807, 2.05) is 36.4 Å². The number of rotatable bonds is 6. The molecule has 0 bridgehead atoms. The number of oxazole rings is 1. The first-order valence-electron chi connectivity index (χ1n) is 8.25. The summed E-state index contributed by atoms with van der Waals surface area (Å²) in [5, 5.41) is 5.63. The summed E-state index contributed by atoms with van der Waals surface area (Å²) in [5.74, 6) is 0.447. The van der Waals surface area contributed by atoms with Crippen LogP contribution in [0, 0.1) is 0 Å². The fraction of sp³-hybridized carbons (Fsp3) is 0.150. The number of carbonyl (C=O) groups is 2. The van der Waals surface area contributed by atoms with Crippen LogP contribution in [0.4, 0.5) is 5.69 Å². The Labute approximate surface area is 151 Å². The van der Waals surface area contributed by atoms with Crippen molar-refractivity contribution in [1.82, 2.24) is 10.3 Å². The molecule has 2 amide bonds. The summed E-state index contributed by atoms with van der Waals surface area (Å²) in [7, 11) is 0. The summed E-state index contributed by atoms with van der Waals surface area (Å²) in [6.45, 7) is 2.00. The molecule has 0 saturated carbocycles. The molecule has 6 nitrogen and oxygen atoms in total. The van der Waals surface area contributed by atoms with Crippen LogP contribution in [0.25, 0.3) is 11.3 Å². The van der Waals surface area contributed by atoms with Crippen molar-refractivity contribution in [3.8, 4) is 11.3 Å². The van der Waals surface area contributed by atoms with Crippen molar-refractivity contribution in [3.63, 3.8) is 0 Å². The molecule has 0 radical (unpaired) electrons. The van der Waals surface area contributed by atoms with Gasteiger partial charge in [-0.15, -0.1) is 0 Å². The van der Waals surface area contributed by atoms with Gasteiger partial charge in [0.05, 0.1) is 6.20 Å². The maximum Gasteiger partial charge on any atom is 0.251 e. The average molecular weight is 349 g/mol. The molecule has 1 aromatic heterocycles. The zero-order chi connectivity index (χ0) is 18.4. The molecule has 0 aliphatic carbocycles. The SMILES string of the molecule is CC(=O)Nc1ccc(CCNC(=O)c2ccc(-c3cnco3)cc2)cc1. The first-order chi connectivity index (χ1) is 12.6. The molecule has 6 heteroatoms. The van der Waals surface area contributed by atoms with E-state index in [1.165, 1.54) is 13.3 Å². The van der Waals surface area contributed by atoms with Gasteiger partial charge in [0.1, 0.15) is 0 Å². The van der Waals surface area contributed by atoms with Gasteiger partial charge in [0.2, 0.25) is 5.91 Å². The molecule has 0 saturated heterocycles. The van der Waals surface area contributed by atoms with Crippen LogP contribution in [-0.2, 0) is 11.2 Å². The molecular formula is C20H19N3O3. The quantitative estimate of drug-likeness (QED) is 0.715. The largest absolute Gasteiger partial charge is 0.444 e. The Bertz CT molecular complexity index is 870. The number of nitrogens with one attached hydrogen (secondary N) is 2. The standard InChI is InChI=1S/C20H19N3O3/c1-14(24)23-18-8-2-15(3-9-18)10-11-22-20(25)17-6-4-16(5-7-17)19-12-21-13-26-19/h2-9,12-13H,10-11H2,1H3,(H,22,25)(H,23,24). The van der Waals surface area contributed by atoms with Crippen LogP contribution < -0.4 is 10.6 Å². The first-order valence-corrected chi connectivity index (χ1v) is 8.25. The number of hydrogen-bond acceptors (Lipinski definition) is 4. The molecule has 0 fully saturated rings. The second-order valence-electron chi connectivity index (χ2n) is 5.83. The zero-order valence-corrected chi connectivity index (χ0v) is 14.4. The molecule has 2 N–H and O–H groups in total. The van der Waals surface area contributed by atoms with Gasteiger partial charge in [0.25, 0.3) is 5.91 Å². The molecule has 0 spiro atoms. The molecule has 26 heavy (non-hydrogen) atoms. The maximum absolute atomic E-state index is 12.2. The van der Waals surface area contributed by atoms with Crippen molar-refractivity contribution in [1.29, 1.82) is 0 Å². The zero-order valence-electron chi connectivity index (χ0n) is 14.4. The van der Waals surface area contributed by atoms with Crippen LogP contribution in [0.1, 0.15) is 22.8 Å². The Morgan fingerprint density at radius 2 is 1.77 bits per heavy atom. The summed E-state index contributed by atoms with van der Waals surface area (Å²) in [6.07, 6.45) is 3.72. The third kappa shape index (κ3) is 4.57. The molecule has 0 aliphatic rings. The number of carbonyl (C=O) groups excluding carboxylic acids is 2. The van der Waals surface area contributed by atoms with Crippen molar-refractivity contribution in [2.75, 3.05) is 11.9 Å². The van der Waals surface area contributed by atoms with Crippen LogP contribution in [0.15, 0.2) is 65.5 Å². The summed E-state index contributed by atoms with van der Waals surface area (Å²) < 4.78 is 5.23. The average Bonchev–Trinajstić information content (AvgIpc) is 3.17. The van der Waals surface area contributed by atoms with Gasteiger partial charge in [-0.25, -0.2) is 4.98 Å². The Hall–Kier alpha value is -3.41. The van der Waals surface area contributed by atoms with Crippen molar-refractivity contribution in [2.45, 2.75) is 13.3 Å². The molecule has 132 valence electrons. The molecule has 0 unspecified atom stereocenters. The lowest BCUT2D eigenvalue weighted by Crippen LogP contribution is -2.25. The Morgan fingerprint density at radius 1 is 1.04 bits per heavy atom. The second-order valence-corrected chi connectivity index (χ2v) is 5.83. The third-order valence-electron chi connectivity index (χ3n) is 3.84. The summed E-state index contributed by atoms with van der Waals surface area (Å²) in [4.78, 5) is 27.1. The van der Waals surface area contributed by atoms with Crippen LogP contribution in [-0.4, -0.2) is 23.3 Å². The smallest absolute Gasteiger partial charge is 0.251 e. The highest BCUT2D eigenvalue weighted by atomic mass is 16.3. The van der Waals surface area contributed by atoms with E-state index < -0.39 is 0 Å². The predicted molar refractivity (Wildman–Crippen MR) is 98.7 cm³/mol. The van der Waals surface area contributed by atoms with Crippen molar-refractivity contribution < 1.29 is 14.0 Å². The number of amides is 2. The van der Waals surface area contributed by atoms with E-state index >= 15 is 0 Å². The Kier molecular flexibility index (Phi) is 5.43. The maximum atomic E-state index is 12.2. The van der Waals surface area contributed by atoms with Gasteiger partial charge in [0, 0.05) is 30.3 Å². The fourth-order valence-electron chi connectivity index (χ4n) is 2.52. The minimum Gasteiger partial charge on any atom is -0.444 e. The number of hydrogen-bond donors (Lipinski definition) is 2. The van der Waals surface area contributed by atoms with Crippen molar-refractivity contribution in [3.05, 3.63) is 72.2 Å². The normalized spacial score (nSPS) is 10.3. The predicted octanol–water partition coefficient (Wildman–Crippen LogP) is 3.27. The minimum absolute atomic E-state index is 0.0978. The highest BCUT2D eigenvalue weighted by Gasteiger charge is 2.07. The first kappa shape index (κ1) is 17.4. The Morgan fingerprint density at radius 3 is 2.38 bits per heavy atom. The van der Waals surface area contributed by atoms with Gasteiger partial charge in [0.15, 0.2) is 12.2 Å². The van der Waals surface area contributed by atoms with Gasteiger partial charge >= 0.3 is 0 Å². The van der Waals surface area contributed by atoms with Crippen LogP contribution in [0.5, 0.6) is 0 Å². The summed E-state index contributed by atoms with van der Waals surface area (Å²) in [5.41, 5.74) is 3.31. The van der Waals surface area contributed by atoms with Crippen LogP contribution >= 0.6 is 0 Å². The number of anilines is 1. The number of benzene rings is 2. The third-order valence-corrected chi connectivity index (χ3v) is 3.84. The molecule has 3 aromatic rings. The van der Waals surface area contributed by atoms with E-state index in [9.17, 15) is 9.59 Å². The minimum atomic E-state index is -0.121. The molecule has 2 aromatic carbocycles. The van der Waals surface area contributed by atoms with Gasteiger partial charge in [-0.2, -0.15) is 0 Å².